The van der Waals surface area contributed by atoms with Gasteiger partial charge in [-0.05, 0) is 35.9 Å². The van der Waals surface area contributed by atoms with E-state index in [-0.39, 0.29) is 0 Å². The van der Waals surface area contributed by atoms with Crippen molar-refractivity contribution in [2.24, 2.45) is 0 Å². The Kier molecular flexibility index (Phi) is 5.40. The van der Waals surface area contributed by atoms with Gasteiger partial charge in [-0.15, -0.1) is 10.2 Å². The van der Waals surface area contributed by atoms with Crippen molar-refractivity contribution in [1.29, 1.82) is 0 Å². The number of hydrogen-bond acceptors (Lipinski definition) is 7. The summed E-state index contributed by atoms with van der Waals surface area (Å²) < 4.78 is 11.8. The molecule has 0 saturated heterocycles. The van der Waals surface area contributed by atoms with Crippen molar-refractivity contribution in [2.75, 3.05) is 13.0 Å². The first-order valence-electron chi connectivity index (χ1n) is 8.36. The number of fused-ring (bicyclic) bond motifs is 1. The van der Waals surface area contributed by atoms with Gasteiger partial charge in [0, 0.05) is 33.9 Å². The third kappa shape index (κ3) is 3.91. The van der Waals surface area contributed by atoms with Crippen molar-refractivity contribution >= 4 is 45.9 Å². The lowest BCUT2D eigenvalue weighted by Gasteiger charge is -2.08. The average molecular weight is 449 g/mol. The van der Waals surface area contributed by atoms with E-state index in [1.54, 1.807) is 37.4 Å². The highest BCUT2D eigenvalue weighted by atomic mass is 35.5. The molecule has 0 aliphatic heterocycles. The Bertz CT molecular complexity index is 1270. The van der Waals surface area contributed by atoms with Gasteiger partial charge < -0.3 is 15.0 Å². The first kappa shape index (κ1) is 19.6. The summed E-state index contributed by atoms with van der Waals surface area (Å²) in [5, 5.41) is 10.5. The number of nitrogens with two attached hydrogens (primary N) is 1. The molecule has 4 rings (SSSR count). The summed E-state index contributed by atoms with van der Waals surface area (Å²) in [6.45, 7) is 0. The lowest BCUT2D eigenvalue weighted by molar-refractivity contribution is 0.414. The van der Waals surface area contributed by atoms with Gasteiger partial charge in [0.15, 0.2) is 5.82 Å². The molecule has 2 aromatic carbocycles. The van der Waals surface area contributed by atoms with Gasteiger partial charge in [0.2, 0.25) is 5.16 Å². The topological polar surface area (TPSA) is 96.2 Å². The molecule has 10 heteroatoms. The van der Waals surface area contributed by atoms with Crippen LogP contribution in [0.2, 0.25) is 10.0 Å². The monoisotopic (exact) mass is 448 g/mol. The number of benzene rings is 2. The summed E-state index contributed by atoms with van der Waals surface area (Å²) in [6, 6.07) is 11.8. The van der Waals surface area contributed by atoms with Gasteiger partial charge in [0.1, 0.15) is 11.3 Å². The molecule has 0 radical (unpaired) electrons. The molecule has 2 heterocycles. The van der Waals surface area contributed by atoms with E-state index >= 15 is 0 Å². The first-order chi connectivity index (χ1) is 14.0. The molecule has 0 saturated carbocycles. The van der Waals surface area contributed by atoms with Crippen LogP contribution in [0.1, 0.15) is 5.56 Å². The van der Waals surface area contributed by atoms with E-state index in [4.69, 9.17) is 38.2 Å². The molecule has 0 amide bonds. The maximum atomic E-state index is 11.9. The number of hydrogen-bond donors (Lipinski definition) is 1. The van der Waals surface area contributed by atoms with Gasteiger partial charge in [-0.25, -0.2) is 9.47 Å². The van der Waals surface area contributed by atoms with E-state index < -0.39 is 5.63 Å². The fourth-order valence-corrected chi connectivity index (χ4v) is 4.05. The fraction of sp³-hybridized carbons (Fsp3) is 0.105. The first-order valence-corrected chi connectivity index (χ1v) is 10.1. The fourth-order valence-electron chi connectivity index (χ4n) is 2.83. The summed E-state index contributed by atoms with van der Waals surface area (Å²) in [4.78, 5) is 11.9. The van der Waals surface area contributed by atoms with Crippen LogP contribution in [-0.4, -0.2) is 22.0 Å². The minimum absolute atomic E-state index is 0.391. The Morgan fingerprint density at radius 2 is 2.00 bits per heavy atom. The average Bonchev–Trinajstić information content (AvgIpc) is 3.07. The van der Waals surface area contributed by atoms with Crippen molar-refractivity contribution in [2.45, 2.75) is 10.9 Å². The van der Waals surface area contributed by atoms with E-state index in [0.717, 1.165) is 10.9 Å². The Morgan fingerprint density at radius 3 is 2.79 bits per heavy atom. The van der Waals surface area contributed by atoms with Gasteiger partial charge in [-0.1, -0.05) is 35.0 Å². The molecule has 0 unspecified atom stereocenters. The molecule has 0 atom stereocenters. The zero-order chi connectivity index (χ0) is 20.5. The van der Waals surface area contributed by atoms with Crippen LogP contribution >= 0.6 is 35.0 Å². The number of ether oxygens (including phenoxy) is 1. The Balaban J connectivity index is 1.64. The van der Waals surface area contributed by atoms with E-state index in [9.17, 15) is 4.79 Å². The SMILES string of the molecule is COc1ccc2c(CSc3nnc(-c4cc(Cl)ccc4Cl)n3N)cc(=O)oc2c1. The Hall–Kier alpha value is -2.68. The number of thioether (sulfide) groups is 1. The van der Waals surface area contributed by atoms with Gasteiger partial charge in [0.05, 0.1) is 12.1 Å². The van der Waals surface area contributed by atoms with Crippen molar-refractivity contribution in [3.63, 3.8) is 0 Å². The van der Waals surface area contributed by atoms with Gasteiger partial charge in [0.25, 0.3) is 0 Å². The largest absolute Gasteiger partial charge is 0.497 e. The highest BCUT2D eigenvalue weighted by Crippen LogP contribution is 2.32. The second-order valence-corrected chi connectivity index (χ2v) is 7.83. The summed E-state index contributed by atoms with van der Waals surface area (Å²) in [5.41, 5.74) is 1.38. The Labute approximate surface area is 179 Å². The molecule has 2 aromatic heterocycles. The smallest absolute Gasteiger partial charge is 0.336 e. The van der Waals surface area contributed by atoms with Crippen LogP contribution in [0.25, 0.3) is 22.4 Å². The lowest BCUT2D eigenvalue weighted by atomic mass is 10.1. The van der Waals surface area contributed by atoms with Gasteiger partial charge in [-0.2, -0.15) is 0 Å². The third-order valence-corrected chi connectivity index (χ3v) is 5.78. The predicted molar refractivity (Wildman–Crippen MR) is 114 cm³/mol. The van der Waals surface area contributed by atoms with E-state index in [2.05, 4.69) is 10.2 Å². The molecule has 29 heavy (non-hydrogen) atoms. The van der Waals surface area contributed by atoms with E-state index in [1.807, 2.05) is 6.07 Å². The molecule has 0 spiro atoms. The van der Waals surface area contributed by atoms with E-state index in [1.165, 1.54) is 22.5 Å². The van der Waals surface area contributed by atoms with Crippen molar-refractivity contribution < 1.29 is 9.15 Å². The molecule has 4 aromatic rings. The minimum Gasteiger partial charge on any atom is -0.497 e. The zero-order valence-electron chi connectivity index (χ0n) is 15.1. The number of nitrogens with zero attached hydrogens (tertiary/aromatic N) is 3. The normalized spacial score (nSPS) is 11.1. The molecule has 0 bridgehead atoms. The third-order valence-electron chi connectivity index (χ3n) is 4.23. The minimum atomic E-state index is -0.443. The molecule has 148 valence electrons. The van der Waals surface area contributed by atoms with Crippen molar-refractivity contribution in [3.05, 3.63) is 68.5 Å². The summed E-state index contributed by atoms with van der Waals surface area (Å²) >= 11 is 13.6. The summed E-state index contributed by atoms with van der Waals surface area (Å²) in [6.07, 6.45) is 0. The number of rotatable bonds is 5. The second kappa shape index (κ2) is 7.98. The second-order valence-electron chi connectivity index (χ2n) is 6.04. The highest BCUT2D eigenvalue weighted by molar-refractivity contribution is 7.98. The number of nitrogen functional groups attached to an aromatic ring is 1. The number of methoxy groups -OCH3 is 1. The zero-order valence-corrected chi connectivity index (χ0v) is 17.4. The molecular weight excluding hydrogens is 435 g/mol. The number of aromatic nitrogens is 3. The van der Waals surface area contributed by atoms with Crippen LogP contribution < -0.4 is 16.2 Å². The maximum absolute atomic E-state index is 11.9. The van der Waals surface area contributed by atoms with Crippen LogP contribution in [0.4, 0.5) is 0 Å². The predicted octanol–water partition coefficient (Wildman–Crippen LogP) is 4.37. The maximum Gasteiger partial charge on any atom is 0.336 e. The molecule has 0 fully saturated rings. The van der Waals surface area contributed by atoms with Crippen LogP contribution in [0, 0.1) is 0 Å². The summed E-state index contributed by atoms with van der Waals surface area (Å²) in [7, 11) is 1.55. The van der Waals surface area contributed by atoms with Crippen LogP contribution in [0.5, 0.6) is 5.75 Å². The Morgan fingerprint density at radius 1 is 1.17 bits per heavy atom. The quantitative estimate of drug-likeness (QED) is 0.275. The standard InChI is InChI=1S/C19H14Cl2N4O3S/c1-27-12-3-4-13-10(6-17(26)28-16(13)8-12)9-29-19-24-23-18(25(19)22)14-7-11(20)2-5-15(14)21/h2-8H,9,22H2,1H3. The molecular formula is C19H14Cl2N4O3S. The van der Waals surface area contributed by atoms with Crippen molar-refractivity contribution in [1.82, 2.24) is 14.9 Å². The summed E-state index contributed by atoms with van der Waals surface area (Å²) in [5.74, 6) is 7.61. The molecule has 2 N–H and O–H groups in total. The van der Waals surface area contributed by atoms with Crippen LogP contribution in [0.15, 0.2) is 56.8 Å². The number of halogens is 2. The van der Waals surface area contributed by atoms with Crippen LogP contribution in [-0.2, 0) is 5.75 Å². The molecule has 7 nitrogen and oxygen atoms in total. The highest BCUT2D eigenvalue weighted by Gasteiger charge is 2.16. The lowest BCUT2D eigenvalue weighted by Crippen LogP contribution is -2.12. The van der Waals surface area contributed by atoms with Gasteiger partial charge >= 0.3 is 5.63 Å². The van der Waals surface area contributed by atoms with Crippen molar-refractivity contribution in [3.8, 4) is 17.1 Å². The van der Waals surface area contributed by atoms with Crippen LogP contribution in [0.3, 0.4) is 0 Å². The van der Waals surface area contributed by atoms with E-state index in [0.29, 0.717) is 43.7 Å². The molecule has 0 aliphatic carbocycles. The molecule has 0 aliphatic rings. The van der Waals surface area contributed by atoms with Gasteiger partial charge in [-0.3, -0.25) is 0 Å².